The summed E-state index contributed by atoms with van der Waals surface area (Å²) in [4.78, 5) is 41.6. The van der Waals surface area contributed by atoms with Gasteiger partial charge >= 0.3 is 5.97 Å². The summed E-state index contributed by atoms with van der Waals surface area (Å²) < 4.78 is 17.0. The molecule has 0 radical (unpaired) electrons. The lowest BCUT2D eigenvalue weighted by Crippen LogP contribution is -2.30. The summed E-state index contributed by atoms with van der Waals surface area (Å²) in [5.74, 6) is 0.405. The van der Waals surface area contributed by atoms with Gasteiger partial charge in [0.1, 0.15) is 5.82 Å². The van der Waals surface area contributed by atoms with Gasteiger partial charge in [-0.1, -0.05) is 12.1 Å². The normalized spacial score (nSPS) is 11.6. The molecule has 168 valence electrons. The number of para-hydroxylation sites is 1. The maximum atomic E-state index is 12.5. The van der Waals surface area contributed by atoms with E-state index < -0.39 is 18.0 Å². The molecule has 0 saturated heterocycles. The topological polar surface area (TPSA) is 109 Å². The van der Waals surface area contributed by atoms with Crippen molar-refractivity contribution in [3.63, 3.8) is 0 Å². The Labute approximate surface area is 184 Å². The van der Waals surface area contributed by atoms with Crippen LogP contribution in [0.1, 0.15) is 19.2 Å². The average molecular weight is 439 g/mol. The molecule has 0 fully saturated rings. The number of anilines is 1. The number of methoxy groups -OCH3 is 2. The molecular weight excluding hydrogens is 414 g/mol. The lowest BCUT2D eigenvalue weighted by atomic mass is 10.2. The van der Waals surface area contributed by atoms with E-state index in [9.17, 15) is 14.4 Å². The van der Waals surface area contributed by atoms with Crippen molar-refractivity contribution in [2.45, 2.75) is 25.9 Å². The van der Waals surface area contributed by atoms with E-state index >= 15 is 0 Å². The molecule has 9 heteroatoms. The summed E-state index contributed by atoms with van der Waals surface area (Å²) in [6.07, 6.45) is -0.824. The molecule has 3 rings (SSSR count). The fourth-order valence-electron chi connectivity index (χ4n) is 3.17. The molecule has 1 atom stereocenters. The minimum atomic E-state index is -1.01. The first kappa shape index (κ1) is 22.8. The third-order valence-corrected chi connectivity index (χ3v) is 4.96. The number of carbonyl (C=O) groups excluding carboxylic acids is 2. The summed E-state index contributed by atoms with van der Waals surface area (Å²) in [6.45, 7) is 1.48. The van der Waals surface area contributed by atoms with Gasteiger partial charge < -0.3 is 19.5 Å². The third kappa shape index (κ3) is 5.05. The van der Waals surface area contributed by atoms with Crippen molar-refractivity contribution in [1.82, 2.24) is 9.55 Å². The van der Waals surface area contributed by atoms with Crippen molar-refractivity contribution in [1.29, 1.82) is 0 Å². The number of amides is 1. The van der Waals surface area contributed by atoms with Gasteiger partial charge in [0.2, 0.25) is 0 Å². The van der Waals surface area contributed by atoms with Gasteiger partial charge in [-0.3, -0.25) is 19.0 Å². The van der Waals surface area contributed by atoms with E-state index in [4.69, 9.17) is 14.2 Å². The van der Waals surface area contributed by atoms with E-state index in [2.05, 4.69) is 10.3 Å². The molecular formula is C23H25N3O6. The standard InChI is InChI=1S/C23H25N3O6/c1-14(22(28)24-15-9-10-18(30-3)19(13-15)31-4)32-21(27)12-11-20-25-17-8-6-5-7-16(17)23(29)26(20)2/h5-10,13-14H,11-12H2,1-4H3,(H,24,28). The smallest absolute Gasteiger partial charge is 0.307 e. The van der Waals surface area contributed by atoms with Crippen LogP contribution in [-0.4, -0.2) is 41.8 Å². The molecule has 1 N–H and O–H groups in total. The van der Waals surface area contributed by atoms with Crippen LogP contribution in [0.5, 0.6) is 11.5 Å². The van der Waals surface area contributed by atoms with Crippen LogP contribution < -0.4 is 20.3 Å². The van der Waals surface area contributed by atoms with Crippen molar-refractivity contribution in [3.05, 3.63) is 58.6 Å². The van der Waals surface area contributed by atoms with Crippen molar-refractivity contribution in [2.75, 3.05) is 19.5 Å². The van der Waals surface area contributed by atoms with Crippen LogP contribution >= 0.6 is 0 Å². The van der Waals surface area contributed by atoms with Gasteiger partial charge in [-0.15, -0.1) is 0 Å². The van der Waals surface area contributed by atoms with Crippen molar-refractivity contribution < 1.29 is 23.8 Å². The van der Waals surface area contributed by atoms with Gasteiger partial charge in [-0.25, -0.2) is 4.98 Å². The molecule has 2 aromatic carbocycles. The summed E-state index contributed by atoms with van der Waals surface area (Å²) in [7, 11) is 4.62. The van der Waals surface area contributed by atoms with Gasteiger partial charge in [-0.2, -0.15) is 0 Å². The number of hydrogen-bond donors (Lipinski definition) is 1. The minimum Gasteiger partial charge on any atom is -0.493 e. The molecule has 1 heterocycles. The Morgan fingerprint density at radius 2 is 1.81 bits per heavy atom. The first-order valence-corrected chi connectivity index (χ1v) is 10.0. The van der Waals surface area contributed by atoms with E-state index in [-0.39, 0.29) is 18.4 Å². The number of carbonyl (C=O) groups is 2. The second kappa shape index (κ2) is 9.95. The number of rotatable bonds is 8. The van der Waals surface area contributed by atoms with Crippen LogP contribution in [0, 0.1) is 0 Å². The second-order valence-corrected chi connectivity index (χ2v) is 7.10. The zero-order valence-electron chi connectivity index (χ0n) is 18.4. The Morgan fingerprint density at radius 1 is 1.09 bits per heavy atom. The lowest BCUT2D eigenvalue weighted by Gasteiger charge is -2.15. The van der Waals surface area contributed by atoms with Gasteiger partial charge in [0.15, 0.2) is 17.6 Å². The number of fused-ring (bicyclic) bond motifs is 1. The number of ether oxygens (including phenoxy) is 3. The largest absolute Gasteiger partial charge is 0.493 e. The van der Waals surface area contributed by atoms with Crippen LogP contribution in [-0.2, 0) is 27.8 Å². The quantitative estimate of drug-likeness (QED) is 0.537. The molecule has 0 saturated carbocycles. The van der Waals surface area contributed by atoms with E-state index in [1.54, 1.807) is 49.5 Å². The zero-order valence-corrected chi connectivity index (χ0v) is 18.4. The molecule has 1 aromatic heterocycles. The maximum absolute atomic E-state index is 12.5. The maximum Gasteiger partial charge on any atom is 0.307 e. The number of benzene rings is 2. The molecule has 0 spiro atoms. The van der Waals surface area contributed by atoms with E-state index in [0.29, 0.717) is 33.9 Å². The van der Waals surface area contributed by atoms with Crippen LogP contribution in [0.15, 0.2) is 47.3 Å². The SMILES string of the molecule is COc1ccc(NC(=O)C(C)OC(=O)CCc2nc3ccccc3c(=O)n2C)cc1OC. The molecule has 1 unspecified atom stereocenters. The highest BCUT2D eigenvalue weighted by Crippen LogP contribution is 2.29. The summed E-state index contributed by atoms with van der Waals surface area (Å²) in [5, 5.41) is 3.19. The summed E-state index contributed by atoms with van der Waals surface area (Å²) in [5.41, 5.74) is 0.870. The van der Waals surface area contributed by atoms with Crippen LogP contribution in [0.25, 0.3) is 10.9 Å². The fourth-order valence-corrected chi connectivity index (χ4v) is 3.17. The molecule has 1 amide bonds. The van der Waals surface area contributed by atoms with Crippen molar-refractivity contribution in [3.8, 4) is 11.5 Å². The molecule has 32 heavy (non-hydrogen) atoms. The zero-order chi connectivity index (χ0) is 23.3. The van der Waals surface area contributed by atoms with Crippen LogP contribution in [0.4, 0.5) is 5.69 Å². The molecule has 0 aliphatic heterocycles. The molecule has 9 nitrogen and oxygen atoms in total. The Kier molecular flexibility index (Phi) is 7.09. The molecule has 3 aromatic rings. The lowest BCUT2D eigenvalue weighted by molar-refractivity contribution is -0.153. The number of aryl methyl sites for hydroxylation is 1. The van der Waals surface area contributed by atoms with Crippen LogP contribution in [0.3, 0.4) is 0 Å². The average Bonchev–Trinajstić information content (AvgIpc) is 2.80. The van der Waals surface area contributed by atoms with Crippen molar-refractivity contribution in [2.24, 2.45) is 7.05 Å². The van der Waals surface area contributed by atoms with E-state index in [0.717, 1.165) is 0 Å². The van der Waals surface area contributed by atoms with Gasteiger partial charge in [0.25, 0.3) is 11.5 Å². The number of nitrogens with zero attached hydrogens (tertiary/aromatic N) is 2. The van der Waals surface area contributed by atoms with E-state index in [1.165, 1.54) is 25.7 Å². The van der Waals surface area contributed by atoms with Crippen LogP contribution in [0.2, 0.25) is 0 Å². The first-order chi connectivity index (χ1) is 15.3. The Morgan fingerprint density at radius 3 is 2.53 bits per heavy atom. The number of aromatic nitrogens is 2. The fraction of sp³-hybridized carbons (Fsp3) is 0.304. The monoisotopic (exact) mass is 439 g/mol. The van der Waals surface area contributed by atoms with Gasteiger partial charge in [0.05, 0.1) is 31.5 Å². The molecule has 0 aliphatic carbocycles. The van der Waals surface area contributed by atoms with Gasteiger partial charge in [0, 0.05) is 25.2 Å². The van der Waals surface area contributed by atoms with Crippen molar-refractivity contribution >= 4 is 28.5 Å². The second-order valence-electron chi connectivity index (χ2n) is 7.10. The number of esters is 1. The molecule has 0 aliphatic rings. The third-order valence-electron chi connectivity index (χ3n) is 4.96. The highest BCUT2D eigenvalue weighted by Gasteiger charge is 2.19. The Balaban J connectivity index is 1.59. The summed E-state index contributed by atoms with van der Waals surface area (Å²) in [6, 6.07) is 12.0. The number of nitrogens with one attached hydrogen (secondary N) is 1. The number of hydrogen-bond acceptors (Lipinski definition) is 7. The first-order valence-electron chi connectivity index (χ1n) is 10.0. The predicted molar refractivity (Wildman–Crippen MR) is 119 cm³/mol. The Bertz CT molecular complexity index is 1200. The molecule has 0 bridgehead atoms. The predicted octanol–water partition coefficient (Wildman–Crippen LogP) is 2.45. The highest BCUT2D eigenvalue weighted by molar-refractivity contribution is 5.95. The van der Waals surface area contributed by atoms with Gasteiger partial charge in [-0.05, 0) is 31.2 Å². The summed E-state index contributed by atoms with van der Waals surface area (Å²) >= 11 is 0. The van der Waals surface area contributed by atoms with E-state index in [1.807, 2.05) is 0 Å². The minimum absolute atomic E-state index is 0.0212. The Hall–Kier alpha value is -3.88. The highest BCUT2D eigenvalue weighted by atomic mass is 16.5.